The van der Waals surface area contributed by atoms with E-state index in [0.717, 1.165) is 10.4 Å². The quantitative estimate of drug-likeness (QED) is 0.662. The maximum absolute atomic E-state index is 14.1. The van der Waals surface area contributed by atoms with Crippen molar-refractivity contribution >= 4 is 11.3 Å². The lowest BCUT2D eigenvalue weighted by atomic mass is 10.00. The molecule has 0 saturated carbocycles. The molecule has 96 valence electrons. The standard InChI is InChI=1S/C13H14F2N2S/c1-7-3-4-9(14)10(11(7)15)12(17-16)13-8(2)5-6-18-13/h3-6,12,17H,16H2,1-2H3. The van der Waals surface area contributed by atoms with Crippen LogP contribution in [-0.2, 0) is 0 Å². The maximum atomic E-state index is 14.1. The molecule has 0 fully saturated rings. The number of hydrogen-bond acceptors (Lipinski definition) is 3. The summed E-state index contributed by atoms with van der Waals surface area (Å²) < 4.78 is 28.0. The van der Waals surface area contributed by atoms with Gasteiger partial charge in [-0.05, 0) is 42.5 Å². The van der Waals surface area contributed by atoms with Crippen LogP contribution in [0.15, 0.2) is 23.6 Å². The van der Waals surface area contributed by atoms with E-state index in [1.54, 1.807) is 6.92 Å². The molecule has 0 aliphatic rings. The molecule has 0 bridgehead atoms. The second kappa shape index (κ2) is 5.14. The Balaban J connectivity index is 2.59. The fourth-order valence-electron chi connectivity index (χ4n) is 1.91. The minimum atomic E-state index is -0.662. The fourth-order valence-corrected chi connectivity index (χ4v) is 2.91. The summed E-state index contributed by atoms with van der Waals surface area (Å²) in [5.74, 6) is 4.34. The molecule has 18 heavy (non-hydrogen) atoms. The second-order valence-corrected chi connectivity index (χ2v) is 5.11. The Morgan fingerprint density at radius 2 is 1.89 bits per heavy atom. The number of nitrogens with one attached hydrogen (secondary N) is 1. The van der Waals surface area contributed by atoms with Crippen molar-refractivity contribution < 1.29 is 8.78 Å². The highest BCUT2D eigenvalue weighted by atomic mass is 32.1. The number of hydrazine groups is 1. The van der Waals surface area contributed by atoms with Gasteiger partial charge in [-0.1, -0.05) is 6.07 Å². The third-order valence-corrected chi connectivity index (χ3v) is 4.02. The zero-order valence-corrected chi connectivity index (χ0v) is 10.9. The number of hydrogen-bond donors (Lipinski definition) is 2. The van der Waals surface area contributed by atoms with Gasteiger partial charge < -0.3 is 0 Å². The Bertz CT molecular complexity index is 566. The lowest BCUT2D eigenvalue weighted by Gasteiger charge is -2.18. The number of rotatable bonds is 3. The molecule has 0 aliphatic carbocycles. The Kier molecular flexibility index (Phi) is 3.75. The van der Waals surface area contributed by atoms with E-state index in [1.165, 1.54) is 23.5 Å². The first-order valence-corrected chi connectivity index (χ1v) is 6.38. The molecule has 5 heteroatoms. The molecule has 0 saturated heterocycles. The molecule has 0 aliphatic heterocycles. The number of benzene rings is 1. The highest BCUT2D eigenvalue weighted by Crippen LogP contribution is 2.32. The summed E-state index contributed by atoms with van der Waals surface area (Å²) >= 11 is 1.42. The Hall–Kier alpha value is -1.30. The smallest absolute Gasteiger partial charge is 0.134 e. The molecule has 1 unspecified atom stereocenters. The van der Waals surface area contributed by atoms with Crippen molar-refractivity contribution in [3.63, 3.8) is 0 Å². The minimum Gasteiger partial charge on any atom is -0.271 e. The Labute approximate surface area is 108 Å². The predicted molar refractivity (Wildman–Crippen MR) is 69.3 cm³/mol. The van der Waals surface area contributed by atoms with Crippen molar-refractivity contribution in [1.29, 1.82) is 0 Å². The van der Waals surface area contributed by atoms with Gasteiger partial charge in [0, 0.05) is 10.4 Å². The molecule has 2 rings (SSSR count). The van der Waals surface area contributed by atoms with Crippen molar-refractivity contribution in [2.75, 3.05) is 0 Å². The summed E-state index contributed by atoms with van der Waals surface area (Å²) in [4.78, 5) is 0.820. The van der Waals surface area contributed by atoms with E-state index in [4.69, 9.17) is 5.84 Å². The lowest BCUT2D eigenvalue weighted by Crippen LogP contribution is -2.30. The van der Waals surface area contributed by atoms with Crippen LogP contribution in [0.2, 0.25) is 0 Å². The number of aryl methyl sites for hydroxylation is 2. The molecule has 3 N–H and O–H groups in total. The lowest BCUT2D eigenvalue weighted by molar-refractivity contribution is 0.509. The van der Waals surface area contributed by atoms with Crippen LogP contribution < -0.4 is 11.3 Å². The van der Waals surface area contributed by atoms with E-state index in [-0.39, 0.29) is 5.56 Å². The van der Waals surface area contributed by atoms with E-state index in [2.05, 4.69) is 5.43 Å². The molecule has 2 nitrogen and oxygen atoms in total. The van der Waals surface area contributed by atoms with Crippen LogP contribution in [0.25, 0.3) is 0 Å². The molecular formula is C13H14F2N2S. The van der Waals surface area contributed by atoms with E-state index in [9.17, 15) is 8.78 Å². The van der Waals surface area contributed by atoms with Gasteiger partial charge in [0.05, 0.1) is 6.04 Å². The van der Waals surface area contributed by atoms with Crippen LogP contribution in [0.1, 0.15) is 27.6 Å². The summed E-state index contributed by atoms with van der Waals surface area (Å²) in [6.45, 7) is 3.49. The highest BCUT2D eigenvalue weighted by molar-refractivity contribution is 7.10. The van der Waals surface area contributed by atoms with Crippen molar-refractivity contribution in [2.24, 2.45) is 5.84 Å². The Morgan fingerprint density at radius 3 is 2.44 bits per heavy atom. The van der Waals surface area contributed by atoms with Crippen molar-refractivity contribution in [3.05, 3.63) is 56.8 Å². The molecular weight excluding hydrogens is 254 g/mol. The number of nitrogens with two attached hydrogens (primary N) is 1. The first-order chi connectivity index (χ1) is 8.56. The zero-order chi connectivity index (χ0) is 13.3. The van der Waals surface area contributed by atoms with Gasteiger partial charge >= 0.3 is 0 Å². The summed E-state index contributed by atoms with van der Waals surface area (Å²) in [7, 11) is 0. The molecule has 1 heterocycles. The van der Waals surface area contributed by atoms with E-state index in [0.29, 0.717) is 5.56 Å². The van der Waals surface area contributed by atoms with Crippen LogP contribution in [-0.4, -0.2) is 0 Å². The molecule has 1 aromatic heterocycles. The molecule has 0 amide bonds. The largest absolute Gasteiger partial charge is 0.271 e. The van der Waals surface area contributed by atoms with Gasteiger partial charge in [-0.2, -0.15) is 0 Å². The highest BCUT2D eigenvalue weighted by Gasteiger charge is 2.24. The van der Waals surface area contributed by atoms with Gasteiger partial charge in [0.25, 0.3) is 0 Å². The molecule has 2 aromatic rings. The third kappa shape index (κ3) is 2.16. The van der Waals surface area contributed by atoms with Crippen LogP contribution in [0.4, 0.5) is 8.78 Å². The van der Waals surface area contributed by atoms with Crippen LogP contribution in [0.5, 0.6) is 0 Å². The maximum Gasteiger partial charge on any atom is 0.134 e. The normalized spacial score (nSPS) is 12.7. The summed E-state index contributed by atoms with van der Waals surface area (Å²) in [5, 5.41) is 1.88. The van der Waals surface area contributed by atoms with Gasteiger partial charge in [-0.15, -0.1) is 11.3 Å². The second-order valence-electron chi connectivity index (χ2n) is 4.16. The first-order valence-electron chi connectivity index (χ1n) is 5.51. The SMILES string of the molecule is Cc1ccsc1C(NN)c1c(F)ccc(C)c1F. The third-order valence-electron chi connectivity index (χ3n) is 2.94. The summed E-state index contributed by atoms with van der Waals surface area (Å²) in [5.41, 5.74) is 3.84. The topological polar surface area (TPSA) is 38.0 Å². The van der Waals surface area contributed by atoms with Crippen molar-refractivity contribution in [2.45, 2.75) is 19.9 Å². The van der Waals surface area contributed by atoms with Gasteiger partial charge in [-0.25, -0.2) is 14.2 Å². The summed E-state index contributed by atoms with van der Waals surface area (Å²) in [6.07, 6.45) is 0. The fraction of sp³-hybridized carbons (Fsp3) is 0.231. The van der Waals surface area contributed by atoms with Gasteiger partial charge in [0.15, 0.2) is 0 Å². The molecule has 1 aromatic carbocycles. The average molecular weight is 268 g/mol. The van der Waals surface area contributed by atoms with Gasteiger partial charge in [0.2, 0.25) is 0 Å². The number of halogens is 2. The van der Waals surface area contributed by atoms with Crippen LogP contribution >= 0.6 is 11.3 Å². The average Bonchev–Trinajstić information content (AvgIpc) is 2.76. The summed E-state index contributed by atoms with van der Waals surface area (Å²) in [6, 6.07) is 3.92. The Morgan fingerprint density at radius 1 is 1.17 bits per heavy atom. The monoisotopic (exact) mass is 268 g/mol. The van der Waals surface area contributed by atoms with Gasteiger partial charge in [0.1, 0.15) is 11.6 Å². The van der Waals surface area contributed by atoms with Gasteiger partial charge in [-0.3, -0.25) is 5.84 Å². The minimum absolute atomic E-state index is 0.0250. The van der Waals surface area contributed by atoms with E-state index >= 15 is 0 Å². The van der Waals surface area contributed by atoms with Crippen LogP contribution in [0, 0.1) is 25.5 Å². The van der Waals surface area contributed by atoms with Crippen LogP contribution in [0.3, 0.4) is 0 Å². The van der Waals surface area contributed by atoms with E-state index < -0.39 is 17.7 Å². The predicted octanol–water partition coefficient (Wildman–Crippen LogP) is 3.20. The zero-order valence-electron chi connectivity index (χ0n) is 10.1. The molecule has 1 atom stereocenters. The van der Waals surface area contributed by atoms with Crippen molar-refractivity contribution in [3.8, 4) is 0 Å². The first kappa shape index (κ1) is 13.1. The number of thiophene rings is 1. The van der Waals surface area contributed by atoms with Crippen molar-refractivity contribution in [1.82, 2.24) is 5.43 Å². The molecule has 0 radical (unpaired) electrons. The molecule has 0 spiro atoms. The van der Waals surface area contributed by atoms with E-state index in [1.807, 2.05) is 18.4 Å².